The van der Waals surface area contributed by atoms with Crippen LogP contribution >= 0.6 is 0 Å². The number of para-hydroxylation sites is 1. The molecule has 2 aliphatic heterocycles. The first-order valence-electron chi connectivity index (χ1n) is 16.5. The number of hydrogen-bond donors (Lipinski definition) is 2. The third-order valence-corrected chi connectivity index (χ3v) is 9.85. The maximum absolute atomic E-state index is 14.5. The Balaban J connectivity index is 1.07. The minimum atomic E-state index is -0.664. The SMILES string of the molecule is COc1ccc(F)cc1[C@@H](NC(=O)c1cccc(-c2ccc(N3CCN(C4CCN(C)CC4)CC3)cc2)c1)c1cc2ccccc2[nH]1. The van der Waals surface area contributed by atoms with E-state index in [1.165, 1.54) is 43.8 Å². The van der Waals surface area contributed by atoms with E-state index in [0.29, 0.717) is 22.9 Å². The fourth-order valence-corrected chi connectivity index (χ4v) is 7.13. The molecule has 0 radical (unpaired) electrons. The van der Waals surface area contributed by atoms with Crippen molar-refractivity contribution in [2.45, 2.75) is 24.9 Å². The van der Waals surface area contributed by atoms with Crippen LogP contribution < -0.4 is 15.0 Å². The second-order valence-corrected chi connectivity index (χ2v) is 12.8. The van der Waals surface area contributed by atoms with Crippen molar-refractivity contribution in [2.75, 3.05) is 58.3 Å². The summed E-state index contributed by atoms with van der Waals surface area (Å²) in [4.78, 5) is 24.8. The molecule has 4 aromatic carbocycles. The number of carbonyl (C=O) groups is 1. The van der Waals surface area contributed by atoms with Gasteiger partial charge in [-0.05, 0) is 104 Å². The van der Waals surface area contributed by atoms with Crippen LogP contribution in [0.2, 0.25) is 0 Å². The second-order valence-electron chi connectivity index (χ2n) is 12.8. The zero-order valence-electron chi connectivity index (χ0n) is 27.1. The third-order valence-electron chi connectivity index (χ3n) is 9.85. The monoisotopic (exact) mass is 631 g/mol. The summed E-state index contributed by atoms with van der Waals surface area (Å²) in [5.41, 5.74) is 5.97. The summed E-state index contributed by atoms with van der Waals surface area (Å²) in [7, 11) is 3.77. The molecule has 7 rings (SSSR count). The fourth-order valence-electron chi connectivity index (χ4n) is 7.13. The summed E-state index contributed by atoms with van der Waals surface area (Å²) in [6.07, 6.45) is 2.54. The van der Waals surface area contributed by atoms with Gasteiger partial charge in [-0.3, -0.25) is 9.69 Å². The number of fused-ring (bicyclic) bond motifs is 1. The van der Waals surface area contributed by atoms with E-state index in [4.69, 9.17) is 4.74 Å². The Bertz CT molecular complexity index is 1810. The summed E-state index contributed by atoms with van der Waals surface area (Å²) in [5.74, 6) is -0.172. The van der Waals surface area contributed by atoms with Crippen molar-refractivity contribution < 1.29 is 13.9 Å². The smallest absolute Gasteiger partial charge is 0.252 e. The Morgan fingerprint density at radius 1 is 0.851 bits per heavy atom. The molecule has 8 heteroatoms. The summed E-state index contributed by atoms with van der Waals surface area (Å²) in [6.45, 7) is 6.68. The Labute approximate surface area is 275 Å². The first-order valence-corrected chi connectivity index (χ1v) is 16.5. The van der Waals surface area contributed by atoms with Crippen molar-refractivity contribution in [3.63, 3.8) is 0 Å². The lowest BCUT2D eigenvalue weighted by Gasteiger charge is -2.42. The van der Waals surface area contributed by atoms with E-state index in [2.05, 4.69) is 56.3 Å². The average Bonchev–Trinajstić information content (AvgIpc) is 3.55. The molecule has 0 saturated carbocycles. The number of hydrogen-bond acceptors (Lipinski definition) is 5. The molecule has 3 heterocycles. The van der Waals surface area contributed by atoms with Crippen molar-refractivity contribution in [1.29, 1.82) is 0 Å². The molecular weight excluding hydrogens is 589 g/mol. The lowest BCUT2D eigenvalue weighted by molar-refractivity contribution is 0.0942. The van der Waals surface area contributed by atoms with Crippen LogP contribution in [0.3, 0.4) is 0 Å². The van der Waals surface area contributed by atoms with E-state index in [0.717, 1.165) is 53.9 Å². The molecule has 47 heavy (non-hydrogen) atoms. The lowest BCUT2D eigenvalue weighted by atomic mass is 9.99. The van der Waals surface area contributed by atoms with Gasteiger partial charge in [0.15, 0.2) is 0 Å². The molecule has 2 N–H and O–H groups in total. The molecule has 2 saturated heterocycles. The van der Waals surface area contributed by atoms with Crippen molar-refractivity contribution in [2.24, 2.45) is 0 Å². The van der Waals surface area contributed by atoms with Crippen molar-refractivity contribution in [3.8, 4) is 16.9 Å². The molecule has 0 unspecified atom stereocenters. The Kier molecular flexibility index (Phi) is 8.96. The van der Waals surface area contributed by atoms with Crippen LogP contribution in [-0.4, -0.2) is 80.2 Å². The molecule has 2 aliphatic rings. The number of piperidine rings is 1. The number of nitrogens with one attached hydrogen (secondary N) is 2. The Morgan fingerprint density at radius 3 is 2.36 bits per heavy atom. The van der Waals surface area contributed by atoms with Crippen LogP contribution in [0.5, 0.6) is 5.75 Å². The van der Waals surface area contributed by atoms with Gasteiger partial charge in [-0.25, -0.2) is 4.39 Å². The van der Waals surface area contributed by atoms with E-state index in [-0.39, 0.29) is 5.91 Å². The van der Waals surface area contributed by atoms with Crippen LogP contribution in [0.4, 0.5) is 10.1 Å². The number of methoxy groups -OCH3 is 1. The molecule has 1 amide bonds. The lowest BCUT2D eigenvalue weighted by Crippen LogP contribution is -2.52. The molecule has 1 atom stereocenters. The minimum Gasteiger partial charge on any atom is -0.496 e. The Morgan fingerprint density at radius 2 is 1.62 bits per heavy atom. The van der Waals surface area contributed by atoms with E-state index in [1.54, 1.807) is 13.2 Å². The molecule has 242 valence electrons. The van der Waals surface area contributed by atoms with Crippen LogP contribution in [0.25, 0.3) is 22.0 Å². The molecule has 0 aliphatic carbocycles. The number of piperazine rings is 1. The molecule has 5 aromatic rings. The normalized spacial score (nSPS) is 17.1. The zero-order valence-corrected chi connectivity index (χ0v) is 27.1. The van der Waals surface area contributed by atoms with E-state index < -0.39 is 11.9 Å². The van der Waals surface area contributed by atoms with Crippen molar-refractivity contribution >= 4 is 22.5 Å². The van der Waals surface area contributed by atoms with Crippen molar-refractivity contribution in [1.82, 2.24) is 20.1 Å². The number of benzene rings is 4. The third kappa shape index (κ3) is 6.75. The number of nitrogens with zero attached hydrogens (tertiary/aromatic N) is 3. The van der Waals surface area contributed by atoms with E-state index in [1.807, 2.05) is 54.6 Å². The molecule has 1 aromatic heterocycles. The van der Waals surface area contributed by atoms with Gasteiger partial charge in [0, 0.05) is 60.2 Å². The minimum absolute atomic E-state index is 0.263. The number of aromatic amines is 1. The number of rotatable bonds is 8. The maximum Gasteiger partial charge on any atom is 0.252 e. The number of H-pyrrole nitrogens is 1. The van der Waals surface area contributed by atoms with E-state index >= 15 is 0 Å². The summed E-state index contributed by atoms with van der Waals surface area (Å²) >= 11 is 0. The van der Waals surface area contributed by atoms with Gasteiger partial charge in [-0.2, -0.15) is 0 Å². The maximum atomic E-state index is 14.5. The Hall–Kier alpha value is -4.66. The second kappa shape index (κ2) is 13.6. The van der Waals surface area contributed by atoms with Gasteiger partial charge < -0.3 is 24.8 Å². The van der Waals surface area contributed by atoms with Crippen LogP contribution in [-0.2, 0) is 0 Å². The highest BCUT2D eigenvalue weighted by Crippen LogP contribution is 2.33. The van der Waals surface area contributed by atoms with Gasteiger partial charge >= 0.3 is 0 Å². The predicted octanol–water partition coefficient (Wildman–Crippen LogP) is 6.72. The number of aromatic nitrogens is 1. The molecule has 0 bridgehead atoms. The molecular formula is C39H42FN5O2. The van der Waals surface area contributed by atoms with Gasteiger partial charge in [0.2, 0.25) is 0 Å². The highest BCUT2D eigenvalue weighted by molar-refractivity contribution is 5.96. The largest absolute Gasteiger partial charge is 0.496 e. The first kappa shape index (κ1) is 31.0. The summed E-state index contributed by atoms with van der Waals surface area (Å²) < 4.78 is 20.1. The number of anilines is 1. The zero-order chi connectivity index (χ0) is 32.3. The van der Waals surface area contributed by atoms with E-state index in [9.17, 15) is 9.18 Å². The summed E-state index contributed by atoms with van der Waals surface area (Å²) in [6, 6.07) is 30.6. The van der Waals surface area contributed by atoms with Gasteiger partial charge in [-0.1, -0.05) is 42.5 Å². The fraction of sp³-hybridized carbons (Fsp3) is 0.308. The average molecular weight is 632 g/mol. The summed E-state index contributed by atoms with van der Waals surface area (Å²) in [5, 5.41) is 4.16. The molecule has 0 spiro atoms. The number of ether oxygens (including phenoxy) is 1. The van der Waals surface area contributed by atoms with Gasteiger partial charge in [0.1, 0.15) is 11.6 Å². The van der Waals surface area contributed by atoms with Gasteiger partial charge in [0.05, 0.1) is 13.2 Å². The van der Waals surface area contributed by atoms with Gasteiger partial charge in [-0.15, -0.1) is 0 Å². The van der Waals surface area contributed by atoms with Crippen molar-refractivity contribution in [3.05, 3.63) is 120 Å². The number of amides is 1. The van der Waals surface area contributed by atoms with Crippen LogP contribution in [0.1, 0.15) is 40.5 Å². The number of likely N-dealkylation sites (tertiary alicyclic amines) is 1. The highest BCUT2D eigenvalue weighted by Gasteiger charge is 2.27. The first-order chi connectivity index (χ1) is 22.9. The van der Waals surface area contributed by atoms with Crippen LogP contribution in [0.15, 0.2) is 97.1 Å². The number of carbonyl (C=O) groups excluding carboxylic acids is 1. The standard InChI is InChI=1S/C39H42FN5O2/c1-43-18-16-33(17-19-43)45-22-20-44(21-23-45)32-13-10-27(11-14-32)28-7-5-8-30(24-28)39(46)42-38(34-26-31(40)12-15-37(34)47-2)36-25-29-6-3-4-9-35(29)41-36/h3-15,24-26,33,38,41H,16-23H2,1-2H3,(H,42,46)/t38-/m1/s1. The quantitative estimate of drug-likeness (QED) is 0.199. The number of halogens is 1. The predicted molar refractivity (Wildman–Crippen MR) is 187 cm³/mol. The van der Waals surface area contributed by atoms with Crippen LogP contribution in [0, 0.1) is 5.82 Å². The highest BCUT2D eigenvalue weighted by atomic mass is 19.1. The molecule has 7 nitrogen and oxygen atoms in total. The topological polar surface area (TPSA) is 63.8 Å². The molecule has 2 fully saturated rings. The van der Waals surface area contributed by atoms with Gasteiger partial charge in [0.25, 0.3) is 5.91 Å².